The standard InChI is InChI=1S/C10H8BrNO2/c1-5-7(4-13)6-2-8(11)9(12)3-10(6)14-5/h2-4H,12H2,1H3. The third-order valence-corrected chi connectivity index (χ3v) is 2.84. The van der Waals surface area contributed by atoms with E-state index in [2.05, 4.69) is 15.9 Å². The molecule has 2 rings (SSSR count). The number of furan rings is 1. The van der Waals surface area contributed by atoms with E-state index in [0.717, 1.165) is 16.1 Å². The van der Waals surface area contributed by atoms with Gasteiger partial charge in [0.05, 0.1) is 5.56 Å². The predicted octanol–water partition coefficient (Wildman–Crippen LogP) is 2.90. The Balaban J connectivity index is 2.89. The van der Waals surface area contributed by atoms with Gasteiger partial charge in [-0.1, -0.05) is 0 Å². The van der Waals surface area contributed by atoms with E-state index in [1.807, 2.05) is 0 Å². The predicted molar refractivity (Wildman–Crippen MR) is 58.5 cm³/mol. The Bertz CT molecular complexity index is 516. The number of benzene rings is 1. The average molecular weight is 254 g/mol. The number of rotatable bonds is 1. The maximum atomic E-state index is 10.8. The van der Waals surface area contributed by atoms with Crippen LogP contribution in [0.5, 0.6) is 0 Å². The summed E-state index contributed by atoms with van der Waals surface area (Å²) in [7, 11) is 0. The van der Waals surface area contributed by atoms with Gasteiger partial charge >= 0.3 is 0 Å². The minimum atomic E-state index is 0.584. The molecular formula is C10H8BrNO2. The van der Waals surface area contributed by atoms with Crippen LogP contribution in [0.2, 0.25) is 0 Å². The lowest BCUT2D eigenvalue weighted by Crippen LogP contribution is -1.86. The zero-order chi connectivity index (χ0) is 10.3. The van der Waals surface area contributed by atoms with Crippen LogP contribution in [0, 0.1) is 6.92 Å². The number of hydrogen-bond acceptors (Lipinski definition) is 3. The van der Waals surface area contributed by atoms with Crippen molar-refractivity contribution in [3.8, 4) is 0 Å². The second-order valence-corrected chi connectivity index (χ2v) is 3.91. The van der Waals surface area contributed by atoms with Gasteiger partial charge in [-0.25, -0.2) is 0 Å². The monoisotopic (exact) mass is 253 g/mol. The maximum Gasteiger partial charge on any atom is 0.154 e. The summed E-state index contributed by atoms with van der Waals surface area (Å²) in [6.07, 6.45) is 0.795. The molecule has 72 valence electrons. The molecule has 4 heteroatoms. The molecule has 0 aliphatic carbocycles. The van der Waals surface area contributed by atoms with Gasteiger partial charge in [0.15, 0.2) is 6.29 Å². The molecule has 2 aromatic rings. The SMILES string of the molecule is Cc1oc2cc(N)c(Br)cc2c1C=O. The van der Waals surface area contributed by atoms with E-state index in [4.69, 9.17) is 10.2 Å². The minimum absolute atomic E-state index is 0.584. The van der Waals surface area contributed by atoms with Crippen molar-refractivity contribution in [2.24, 2.45) is 0 Å². The number of anilines is 1. The van der Waals surface area contributed by atoms with Crippen molar-refractivity contribution in [3.05, 3.63) is 27.9 Å². The molecule has 14 heavy (non-hydrogen) atoms. The second kappa shape index (κ2) is 3.13. The fourth-order valence-corrected chi connectivity index (χ4v) is 1.76. The van der Waals surface area contributed by atoms with Crippen LogP contribution in [0.15, 0.2) is 21.0 Å². The van der Waals surface area contributed by atoms with Crippen LogP contribution >= 0.6 is 15.9 Å². The Hall–Kier alpha value is -1.29. The molecule has 3 nitrogen and oxygen atoms in total. The van der Waals surface area contributed by atoms with Crippen LogP contribution in [-0.4, -0.2) is 6.29 Å². The molecule has 2 N–H and O–H groups in total. The average Bonchev–Trinajstić information content (AvgIpc) is 2.42. The van der Waals surface area contributed by atoms with Gasteiger partial charge < -0.3 is 10.2 Å². The van der Waals surface area contributed by atoms with Crippen molar-refractivity contribution in [1.29, 1.82) is 0 Å². The van der Waals surface area contributed by atoms with E-state index in [0.29, 0.717) is 22.6 Å². The Kier molecular flexibility index (Phi) is 2.07. The van der Waals surface area contributed by atoms with Crippen LogP contribution in [0.25, 0.3) is 11.0 Å². The van der Waals surface area contributed by atoms with Crippen molar-refractivity contribution in [2.75, 3.05) is 5.73 Å². The number of nitrogen functional groups attached to an aromatic ring is 1. The molecule has 1 aromatic carbocycles. The first kappa shape index (κ1) is 9.27. The van der Waals surface area contributed by atoms with Gasteiger partial charge in [0.2, 0.25) is 0 Å². The summed E-state index contributed by atoms with van der Waals surface area (Å²) in [6.45, 7) is 1.76. The molecule has 0 aliphatic rings. The first-order valence-electron chi connectivity index (χ1n) is 4.06. The van der Waals surface area contributed by atoms with E-state index >= 15 is 0 Å². The zero-order valence-corrected chi connectivity index (χ0v) is 9.09. The highest BCUT2D eigenvalue weighted by Gasteiger charge is 2.11. The van der Waals surface area contributed by atoms with E-state index in [1.54, 1.807) is 19.1 Å². The lowest BCUT2D eigenvalue weighted by atomic mass is 10.1. The summed E-state index contributed by atoms with van der Waals surface area (Å²) in [5.74, 6) is 0.618. The van der Waals surface area contributed by atoms with E-state index in [1.165, 1.54) is 0 Å². The fourth-order valence-electron chi connectivity index (χ4n) is 1.42. The van der Waals surface area contributed by atoms with Crippen LogP contribution in [0.1, 0.15) is 16.1 Å². The van der Waals surface area contributed by atoms with Crippen molar-refractivity contribution in [3.63, 3.8) is 0 Å². The number of halogens is 1. The summed E-state index contributed by atoms with van der Waals surface area (Å²) in [6, 6.07) is 3.50. The third-order valence-electron chi connectivity index (χ3n) is 2.15. The number of carbonyl (C=O) groups excluding carboxylic acids is 1. The van der Waals surface area contributed by atoms with Crippen LogP contribution in [0.3, 0.4) is 0 Å². The van der Waals surface area contributed by atoms with Gasteiger partial charge in [-0.15, -0.1) is 0 Å². The van der Waals surface area contributed by atoms with Gasteiger partial charge in [-0.05, 0) is 28.9 Å². The first-order valence-corrected chi connectivity index (χ1v) is 4.86. The van der Waals surface area contributed by atoms with Crippen LogP contribution in [-0.2, 0) is 0 Å². The Morgan fingerprint density at radius 3 is 2.86 bits per heavy atom. The molecule has 0 saturated heterocycles. The van der Waals surface area contributed by atoms with Gasteiger partial charge in [-0.2, -0.15) is 0 Å². The number of hydrogen-bond donors (Lipinski definition) is 1. The second-order valence-electron chi connectivity index (χ2n) is 3.06. The van der Waals surface area contributed by atoms with Gasteiger partial charge in [0.1, 0.15) is 11.3 Å². The summed E-state index contributed by atoms with van der Waals surface area (Å²) in [5, 5.41) is 0.790. The summed E-state index contributed by atoms with van der Waals surface area (Å²) >= 11 is 3.31. The highest BCUT2D eigenvalue weighted by molar-refractivity contribution is 9.10. The highest BCUT2D eigenvalue weighted by Crippen LogP contribution is 2.31. The molecule has 0 radical (unpaired) electrons. The molecule has 0 unspecified atom stereocenters. The van der Waals surface area contributed by atoms with Gasteiger partial charge in [0, 0.05) is 21.6 Å². The van der Waals surface area contributed by atoms with Gasteiger partial charge in [-0.3, -0.25) is 4.79 Å². The van der Waals surface area contributed by atoms with Crippen molar-refractivity contribution in [2.45, 2.75) is 6.92 Å². The number of carbonyl (C=O) groups is 1. The minimum Gasteiger partial charge on any atom is -0.461 e. The van der Waals surface area contributed by atoms with Crippen molar-refractivity contribution < 1.29 is 9.21 Å². The summed E-state index contributed by atoms with van der Waals surface area (Å²) in [5.41, 5.74) is 7.52. The van der Waals surface area contributed by atoms with Gasteiger partial charge in [0.25, 0.3) is 0 Å². The van der Waals surface area contributed by atoms with E-state index < -0.39 is 0 Å². The van der Waals surface area contributed by atoms with Crippen molar-refractivity contribution in [1.82, 2.24) is 0 Å². The first-order chi connectivity index (χ1) is 6.63. The molecule has 0 aliphatic heterocycles. The topological polar surface area (TPSA) is 56.2 Å². The Morgan fingerprint density at radius 1 is 1.50 bits per heavy atom. The maximum absolute atomic E-state index is 10.8. The fraction of sp³-hybridized carbons (Fsp3) is 0.100. The lowest BCUT2D eigenvalue weighted by molar-refractivity contribution is 0.112. The number of aldehydes is 1. The zero-order valence-electron chi connectivity index (χ0n) is 7.50. The number of nitrogens with two attached hydrogens (primary N) is 1. The molecule has 0 saturated carbocycles. The number of aryl methyl sites for hydroxylation is 1. The Morgan fingerprint density at radius 2 is 2.21 bits per heavy atom. The molecule has 0 atom stereocenters. The highest BCUT2D eigenvalue weighted by atomic mass is 79.9. The summed E-state index contributed by atoms with van der Waals surface area (Å²) < 4.78 is 6.17. The molecule has 0 amide bonds. The largest absolute Gasteiger partial charge is 0.461 e. The lowest BCUT2D eigenvalue weighted by Gasteiger charge is -1.96. The van der Waals surface area contributed by atoms with Crippen LogP contribution in [0.4, 0.5) is 5.69 Å². The molecule has 0 fully saturated rings. The Labute approximate surface area is 89.0 Å². The normalized spacial score (nSPS) is 10.7. The third kappa shape index (κ3) is 1.23. The molecule has 1 heterocycles. The quantitative estimate of drug-likeness (QED) is 0.628. The van der Waals surface area contributed by atoms with E-state index in [9.17, 15) is 4.79 Å². The smallest absolute Gasteiger partial charge is 0.154 e. The molecule has 0 spiro atoms. The van der Waals surface area contributed by atoms with Crippen LogP contribution < -0.4 is 5.73 Å². The molecular weight excluding hydrogens is 246 g/mol. The number of fused-ring (bicyclic) bond motifs is 1. The molecule has 1 aromatic heterocycles. The molecule has 0 bridgehead atoms. The summed E-state index contributed by atoms with van der Waals surface area (Å²) in [4.78, 5) is 10.8. The van der Waals surface area contributed by atoms with E-state index in [-0.39, 0.29) is 0 Å². The van der Waals surface area contributed by atoms with Crippen molar-refractivity contribution >= 4 is 38.9 Å².